The Bertz CT molecular complexity index is 479. The van der Waals surface area contributed by atoms with E-state index in [1.807, 2.05) is 12.1 Å². The van der Waals surface area contributed by atoms with Crippen LogP contribution in [-0.4, -0.2) is 30.2 Å². The Morgan fingerprint density at radius 2 is 2.08 bits per heavy atom. The van der Waals surface area contributed by atoms with Gasteiger partial charge in [-0.05, 0) is 0 Å². The third-order valence-corrected chi connectivity index (χ3v) is 2.12. The molecule has 5 heteroatoms. The molecule has 0 atom stereocenters. The Morgan fingerprint density at radius 3 is 2.83 bits per heavy atom. The predicted molar refractivity (Wildman–Crippen MR) is 45.0 cm³/mol. The van der Waals surface area contributed by atoms with Gasteiger partial charge in [-0.2, -0.15) is 0 Å². The van der Waals surface area contributed by atoms with Crippen molar-refractivity contribution >= 4 is 27.1 Å². The van der Waals surface area contributed by atoms with E-state index in [1.165, 1.54) is 3.70 Å². The summed E-state index contributed by atoms with van der Waals surface area (Å²) in [5.41, 5.74) is 0.453. The van der Waals surface area contributed by atoms with Crippen LogP contribution < -0.4 is 5.56 Å². The van der Waals surface area contributed by atoms with E-state index >= 15 is 0 Å². The van der Waals surface area contributed by atoms with E-state index in [0.29, 0.717) is 5.39 Å². The molecule has 0 aliphatic heterocycles. The van der Waals surface area contributed by atoms with E-state index in [4.69, 9.17) is 0 Å². The van der Waals surface area contributed by atoms with Crippen molar-refractivity contribution < 1.29 is 0 Å². The normalized spacial score (nSPS) is 10.3. The quantitative estimate of drug-likeness (QED) is 0.579. The fourth-order valence-electron chi connectivity index (χ4n) is 1.00. The minimum absolute atomic E-state index is 0.294. The molecular formula is C7H4N3OSe. The number of fused-ring (bicyclic) bond motifs is 1. The molecule has 0 unspecified atom stereocenters. The first-order valence-electron chi connectivity index (χ1n) is 3.31. The van der Waals surface area contributed by atoms with Crippen molar-refractivity contribution in [3.05, 3.63) is 34.6 Å². The van der Waals surface area contributed by atoms with E-state index < -0.39 is 0 Å². The Hall–Kier alpha value is -1.19. The molecule has 0 N–H and O–H groups in total. The second-order valence-corrected chi connectivity index (χ2v) is 3.01. The first kappa shape index (κ1) is 7.46. The van der Waals surface area contributed by atoms with Crippen molar-refractivity contribution in [2.45, 2.75) is 0 Å². The number of hydrogen-bond donors (Lipinski definition) is 0. The number of rotatable bonds is 0. The summed E-state index contributed by atoms with van der Waals surface area (Å²) >= 11 is 2.68. The van der Waals surface area contributed by atoms with Crippen LogP contribution in [0.1, 0.15) is 0 Å². The molecule has 0 bridgehead atoms. The molecule has 1 aromatic carbocycles. The van der Waals surface area contributed by atoms with E-state index in [2.05, 4.69) is 26.5 Å². The van der Waals surface area contributed by atoms with Crippen molar-refractivity contribution in [1.29, 1.82) is 0 Å². The van der Waals surface area contributed by atoms with Crippen LogP contribution >= 0.6 is 0 Å². The zero-order valence-electron chi connectivity index (χ0n) is 5.97. The Morgan fingerprint density at radius 1 is 1.33 bits per heavy atom. The summed E-state index contributed by atoms with van der Waals surface area (Å²) in [5, 5.41) is 7.61. The molecule has 0 aliphatic rings. The maximum atomic E-state index is 11.1. The molecule has 2 rings (SSSR count). The number of para-hydroxylation sites is 1. The number of aromatic nitrogens is 3. The molecule has 1 heterocycles. The molecule has 0 aliphatic carbocycles. The summed E-state index contributed by atoms with van der Waals surface area (Å²) in [4.78, 5) is 11.1. The zero-order valence-corrected chi connectivity index (χ0v) is 7.68. The van der Waals surface area contributed by atoms with E-state index in [9.17, 15) is 4.79 Å². The summed E-state index contributed by atoms with van der Waals surface area (Å²) in [7, 11) is 0. The van der Waals surface area contributed by atoms with Gasteiger partial charge < -0.3 is 0 Å². The van der Waals surface area contributed by atoms with E-state index in [0.717, 1.165) is 5.52 Å². The van der Waals surface area contributed by atoms with Crippen LogP contribution in [0, 0.1) is 0 Å². The number of hydrogen-bond acceptors (Lipinski definition) is 3. The fourth-order valence-corrected chi connectivity index (χ4v) is 1.42. The minimum atomic E-state index is -0.294. The first-order chi connectivity index (χ1) is 5.79. The Labute approximate surface area is 76.2 Å². The maximum absolute atomic E-state index is 11.1. The molecule has 4 nitrogen and oxygen atoms in total. The van der Waals surface area contributed by atoms with Gasteiger partial charge in [0.1, 0.15) is 0 Å². The fraction of sp³-hybridized carbons (Fsp3) is 0. The van der Waals surface area contributed by atoms with Gasteiger partial charge in [0.25, 0.3) is 0 Å². The van der Waals surface area contributed by atoms with Gasteiger partial charge in [-0.1, -0.05) is 0 Å². The zero-order chi connectivity index (χ0) is 8.55. The Kier molecular flexibility index (Phi) is 1.67. The standard InChI is InChI=1S/C7H4N3OSe/c11-7-5-3-1-2-4-6(5)10(12)9-8-7/h1-4H. The van der Waals surface area contributed by atoms with E-state index in [1.54, 1.807) is 12.1 Å². The summed E-state index contributed by atoms with van der Waals surface area (Å²) in [6.45, 7) is 0. The van der Waals surface area contributed by atoms with Crippen LogP contribution in [0.2, 0.25) is 0 Å². The van der Waals surface area contributed by atoms with Gasteiger partial charge in [0.15, 0.2) is 0 Å². The Balaban J connectivity index is 3.05. The van der Waals surface area contributed by atoms with Crippen LogP contribution in [0.3, 0.4) is 0 Å². The molecular weight excluding hydrogens is 221 g/mol. The van der Waals surface area contributed by atoms with Gasteiger partial charge in [0.05, 0.1) is 0 Å². The second kappa shape index (κ2) is 2.69. The summed E-state index contributed by atoms with van der Waals surface area (Å²) in [6.07, 6.45) is 0. The van der Waals surface area contributed by atoms with Crippen LogP contribution in [-0.2, 0) is 0 Å². The molecule has 0 fully saturated rings. The first-order valence-corrected chi connectivity index (χ1v) is 4.08. The van der Waals surface area contributed by atoms with Gasteiger partial charge in [-0.3, -0.25) is 0 Å². The topological polar surface area (TPSA) is 47.8 Å². The SMILES string of the molecule is O=c1nnn([Se])c2ccccc12. The second-order valence-electron chi connectivity index (χ2n) is 2.28. The summed E-state index contributed by atoms with van der Waals surface area (Å²) in [6, 6.07) is 7.17. The van der Waals surface area contributed by atoms with Gasteiger partial charge >= 0.3 is 75.8 Å². The molecule has 2 aromatic rings. The number of nitrogens with zero attached hydrogens (tertiary/aromatic N) is 3. The van der Waals surface area contributed by atoms with Crippen LogP contribution in [0.15, 0.2) is 29.1 Å². The monoisotopic (exact) mass is 226 g/mol. The summed E-state index contributed by atoms with van der Waals surface area (Å²) in [5.74, 6) is 0. The molecule has 0 saturated carbocycles. The predicted octanol–water partition coefficient (Wildman–Crippen LogP) is -0.277. The van der Waals surface area contributed by atoms with Crippen LogP contribution in [0.25, 0.3) is 10.9 Å². The number of benzene rings is 1. The third kappa shape index (κ3) is 1.03. The van der Waals surface area contributed by atoms with Gasteiger partial charge in [-0.15, -0.1) is 0 Å². The van der Waals surface area contributed by atoms with Gasteiger partial charge in [-0.25, -0.2) is 0 Å². The average molecular weight is 225 g/mol. The van der Waals surface area contributed by atoms with Crippen molar-refractivity contribution in [2.24, 2.45) is 0 Å². The molecule has 59 valence electrons. The molecule has 1 aromatic heterocycles. The van der Waals surface area contributed by atoms with Crippen LogP contribution in [0.4, 0.5) is 0 Å². The summed E-state index contributed by atoms with van der Waals surface area (Å²) < 4.78 is 1.46. The van der Waals surface area contributed by atoms with Crippen molar-refractivity contribution in [2.75, 3.05) is 0 Å². The van der Waals surface area contributed by atoms with Crippen molar-refractivity contribution in [3.63, 3.8) is 0 Å². The van der Waals surface area contributed by atoms with Crippen molar-refractivity contribution in [3.8, 4) is 0 Å². The average Bonchev–Trinajstić information content (AvgIpc) is 2.12. The van der Waals surface area contributed by atoms with E-state index in [-0.39, 0.29) is 5.56 Å². The van der Waals surface area contributed by atoms with Gasteiger partial charge in [0.2, 0.25) is 0 Å². The molecule has 0 amide bonds. The van der Waals surface area contributed by atoms with Crippen LogP contribution in [0.5, 0.6) is 0 Å². The van der Waals surface area contributed by atoms with Gasteiger partial charge in [0, 0.05) is 0 Å². The molecule has 0 spiro atoms. The molecule has 12 heavy (non-hydrogen) atoms. The van der Waals surface area contributed by atoms with Crippen molar-refractivity contribution in [1.82, 2.24) is 14.0 Å². The molecule has 0 saturated heterocycles. The third-order valence-electron chi connectivity index (χ3n) is 1.56. The molecule has 1 radical (unpaired) electrons.